The van der Waals surface area contributed by atoms with Crippen LogP contribution in [0.1, 0.15) is 25.0 Å². The summed E-state index contributed by atoms with van der Waals surface area (Å²) in [6.07, 6.45) is 0. The van der Waals surface area contributed by atoms with E-state index in [1.165, 1.54) is 121 Å². The first-order valence-corrected chi connectivity index (χ1v) is 20.1. The normalized spacial score (nSPS) is 13.4. The maximum absolute atomic E-state index is 2.49. The summed E-state index contributed by atoms with van der Waals surface area (Å²) in [6, 6.07) is 63.8. The van der Waals surface area contributed by atoms with Crippen molar-refractivity contribution >= 4 is 65.2 Å². The fourth-order valence-electron chi connectivity index (χ4n) is 10.7. The zero-order valence-electron chi connectivity index (χ0n) is 32.6. The molecule has 0 radical (unpaired) electrons. The molecule has 1 aliphatic rings. The molecule has 0 aliphatic heterocycles. The van der Waals surface area contributed by atoms with E-state index < -0.39 is 0 Å². The van der Waals surface area contributed by atoms with E-state index in [1.807, 2.05) is 0 Å². The van der Waals surface area contributed by atoms with Gasteiger partial charge in [0.1, 0.15) is 0 Å². The number of aryl methyl sites for hydroxylation is 2. The van der Waals surface area contributed by atoms with Gasteiger partial charge in [-0.2, -0.15) is 0 Å². The quantitative estimate of drug-likeness (QED) is 0.160. The van der Waals surface area contributed by atoms with Crippen molar-refractivity contribution in [2.45, 2.75) is 19.3 Å². The van der Waals surface area contributed by atoms with Crippen LogP contribution in [0.15, 0.2) is 170 Å². The smallest absolute Gasteiger partial charge is 0.0568 e. The van der Waals surface area contributed by atoms with Crippen LogP contribution in [0.2, 0.25) is 0 Å². The highest BCUT2D eigenvalue weighted by Gasteiger charge is 2.35. The SMILES string of the molecule is Cn1c2ccccc2c2cccc(-c3cccc4c(-c5ccc6c(c5)-c5ccccc5C6(C)C)c5cccc(-c6cccc7c8ccccc8n(C)c67)c5cc34)c21. The summed E-state index contributed by atoms with van der Waals surface area (Å²) in [4.78, 5) is 0. The molecule has 0 bridgehead atoms. The molecule has 0 N–H and O–H groups in total. The van der Waals surface area contributed by atoms with Crippen molar-refractivity contribution in [3.63, 3.8) is 0 Å². The van der Waals surface area contributed by atoms with Crippen molar-refractivity contribution in [2.24, 2.45) is 14.1 Å². The lowest BCUT2D eigenvalue weighted by molar-refractivity contribution is 0.660. The monoisotopic (exact) mass is 728 g/mol. The van der Waals surface area contributed by atoms with Gasteiger partial charge in [0.15, 0.2) is 0 Å². The number of para-hydroxylation sites is 4. The van der Waals surface area contributed by atoms with Gasteiger partial charge in [-0.05, 0) is 90.3 Å². The molecule has 2 heterocycles. The van der Waals surface area contributed by atoms with Crippen molar-refractivity contribution in [3.05, 3.63) is 181 Å². The Morgan fingerprint density at radius 2 is 0.772 bits per heavy atom. The van der Waals surface area contributed by atoms with E-state index in [0.29, 0.717) is 0 Å². The summed E-state index contributed by atoms with van der Waals surface area (Å²) in [6.45, 7) is 4.73. The van der Waals surface area contributed by atoms with Gasteiger partial charge >= 0.3 is 0 Å². The Morgan fingerprint density at radius 1 is 0.333 bits per heavy atom. The third kappa shape index (κ3) is 4.30. The fraction of sp³-hybridized carbons (Fsp3) is 0.0909. The largest absolute Gasteiger partial charge is 0.343 e. The molecule has 2 heteroatoms. The van der Waals surface area contributed by atoms with Crippen LogP contribution in [0, 0.1) is 0 Å². The van der Waals surface area contributed by atoms with Crippen molar-refractivity contribution in [3.8, 4) is 44.5 Å². The molecule has 270 valence electrons. The molecule has 1 aliphatic carbocycles. The van der Waals surface area contributed by atoms with E-state index in [2.05, 4.69) is 207 Å². The maximum Gasteiger partial charge on any atom is 0.0568 e. The lowest BCUT2D eigenvalue weighted by atomic mass is 9.81. The highest BCUT2D eigenvalue weighted by atomic mass is 14.9. The maximum atomic E-state index is 2.49. The molecule has 0 saturated heterocycles. The average molecular weight is 729 g/mol. The number of rotatable bonds is 3. The Kier molecular flexibility index (Phi) is 6.57. The van der Waals surface area contributed by atoms with E-state index in [9.17, 15) is 0 Å². The highest BCUT2D eigenvalue weighted by molar-refractivity contribution is 6.23. The molecule has 0 spiro atoms. The van der Waals surface area contributed by atoms with Gasteiger partial charge in [0.2, 0.25) is 0 Å². The van der Waals surface area contributed by atoms with Crippen LogP contribution < -0.4 is 0 Å². The number of hydrogen-bond acceptors (Lipinski definition) is 0. The van der Waals surface area contributed by atoms with Gasteiger partial charge in [0.05, 0.1) is 11.0 Å². The van der Waals surface area contributed by atoms with E-state index >= 15 is 0 Å². The Balaban J connectivity index is 1.22. The average Bonchev–Trinajstić information content (AvgIpc) is 3.81. The fourth-order valence-corrected chi connectivity index (χ4v) is 10.7. The number of benzene rings is 9. The predicted molar refractivity (Wildman–Crippen MR) is 243 cm³/mol. The lowest BCUT2D eigenvalue weighted by Gasteiger charge is -2.22. The first kappa shape index (κ1) is 32.4. The van der Waals surface area contributed by atoms with Crippen molar-refractivity contribution in [2.75, 3.05) is 0 Å². The van der Waals surface area contributed by atoms with Crippen LogP contribution in [0.25, 0.3) is 110 Å². The molecule has 0 saturated carbocycles. The van der Waals surface area contributed by atoms with E-state index in [0.717, 1.165) is 0 Å². The predicted octanol–water partition coefficient (Wildman–Crippen LogP) is 14.6. The van der Waals surface area contributed by atoms with Gasteiger partial charge in [0, 0.05) is 63.2 Å². The Hall–Kier alpha value is -6.90. The standard InChI is InChI=1S/C55H40N2/c1-55(2)48-26-8-5-15-36(48)47-31-33(29-30-49(47)55)52-39-20-11-18-34(41-22-13-24-43-37-16-6-9-27-50(37)56(3)53(41)43)45(39)32-46-35(19-12-21-40(46)52)42-23-14-25-44-38-17-7-10-28-51(38)57(4)54(42)44/h5-32H,1-4H3. The molecule has 0 fully saturated rings. The zero-order chi connectivity index (χ0) is 38.2. The molecular formula is C55H40N2. The van der Waals surface area contributed by atoms with Crippen LogP contribution in [-0.2, 0) is 19.5 Å². The second-order valence-electron chi connectivity index (χ2n) is 16.5. The van der Waals surface area contributed by atoms with Crippen molar-refractivity contribution in [1.29, 1.82) is 0 Å². The van der Waals surface area contributed by atoms with Crippen LogP contribution in [0.4, 0.5) is 0 Å². The van der Waals surface area contributed by atoms with Crippen LogP contribution in [0.5, 0.6) is 0 Å². The van der Waals surface area contributed by atoms with Gasteiger partial charge in [0.25, 0.3) is 0 Å². The van der Waals surface area contributed by atoms with Gasteiger partial charge in [-0.1, -0.05) is 159 Å². The molecule has 2 aromatic heterocycles. The first-order valence-electron chi connectivity index (χ1n) is 20.1. The second kappa shape index (κ2) is 11.6. The second-order valence-corrected chi connectivity index (χ2v) is 16.5. The summed E-state index contributed by atoms with van der Waals surface area (Å²) < 4.78 is 4.76. The Bertz CT molecular complexity index is 3340. The molecular weight excluding hydrogens is 689 g/mol. The molecule has 0 amide bonds. The summed E-state index contributed by atoms with van der Waals surface area (Å²) in [5.41, 5.74) is 18.0. The van der Waals surface area contributed by atoms with Gasteiger partial charge in [-0.25, -0.2) is 0 Å². The minimum absolute atomic E-state index is 0.0554. The summed E-state index contributed by atoms with van der Waals surface area (Å²) >= 11 is 0. The zero-order valence-corrected chi connectivity index (χ0v) is 32.6. The molecule has 0 unspecified atom stereocenters. The van der Waals surface area contributed by atoms with E-state index in [1.54, 1.807) is 0 Å². The summed E-state index contributed by atoms with van der Waals surface area (Å²) in [7, 11) is 4.43. The molecule has 12 rings (SSSR count). The van der Waals surface area contributed by atoms with E-state index in [4.69, 9.17) is 0 Å². The number of nitrogens with zero attached hydrogens (tertiary/aromatic N) is 2. The molecule has 2 nitrogen and oxygen atoms in total. The van der Waals surface area contributed by atoms with Crippen LogP contribution >= 0.6 is 0 Å². The van der Waals surface area contributed by atoms with Crippen LogP contribution in [0.3, 0.4) is 0 Å². The van der Waals surface area contributed by atoms with Crippen LogP contribution in [-0.4, -0.2) is 9.13 Å². The minimum atomic E-state index is -0.0554. The highest BCUT2D eigenvalue weighted by Crippen LogP contribution is 2.52. The number of aromatic nitrogens is 2. The Labute approximate surface area is 331 Å². The number of fused-ring (bicyclic) bond motifs is 11. The molecule has 0 atom stereocenters. The molecule has 11 aromatic rings. The lowest BCUT2D eigenvalue weighted by Crippen LogP contribution is -2.14. The minimum Gasteiger partial charge on any atom is -0.343 e. The number of hydrogen-bond donors (Lipinski definition) is 0. The van der Waals surface area contributed by atoms with Crippen molar-refractivity contribution < 1.29 is 0 Å². The van der Waals surface area contributed by atoms with Gasteiger partial charge in [-0.15, -0.1) is 0 Å². The third-order valence-electron chi connectivity index (χ3n) is 13.3. The summed E-state index contributed by atoms with van der Waals surface area (Å²) in [5, 5.41) is 10.2. The van der Waals surface area contributed by atoms with E-state index in [-0.39, 0.29) is 5.41 Å². The summed E-state index contributed by atoms with van der Waals surface area (Å²) in [5.74, 6) is 0. The van der Waals surface area contributed by atoms with Gasteiger partial charge in [-0.3, -0.25) is 0 Å². The first-order chi connectivity index (χ1) is 27.9. The third-order valence-corrected chi connectivity index (χ3v) is 13.3. The topological polar surface area (TPSA) is 9.86 Å². The molecule has 57 heavy (non-hydrogen) atoms. The van der Waals surface area contributed by atoms with Gasteiger partial charge < -0.3 is 9.13 Å². The van der Waals surface area contributed by atoms with Crippen molar-refractivity contribution in [1.82, 2.24) is 9.13 Å². The molecule has 9 aromatic carbocycles. The Morgan fingerprint density at radius 3 is 1.35 bits per heavy atom.